The van der Waals surface area contributed by atoms with Crippen molar-refractivity contribution in [1.82, 2.24) is 0 Å². The van der Waals surface area contributed by atoms with Gasteiger partial charge in [0.25, 0.3) is 0 Å². The van der Waals surface area contributed by atoms with E-state index in [1.807, 2.05) is 0 Å². The summed E-state index contributed by atoms with van der Waals surface area (Å²) in [4.78, 5) is 11.8. The van der Waals surface area contributed by atoms with Crippen molar-refractivity contribution in [3.63, 3.8) is 0 Å². The Kier molecular flexibility index (Phi) is 21.0. The van der Waals surface area contributed by atoms with E-state index in [9.17, 15) is 4.79 Å². The molecular weight excluding hydrogens is 368 g/mol. The first-order valence-corrected chi connectivity index (χ1v) is 12.3. The van der Waals surface area contributed by atoms with Gasteiger partial charge in [-0.1, -0.05) is 94.1 Å². The summed E-state index contributed by atoms with van der Waals surface area (Å²) in [7, 11) is 0. The third-order valence-corrected chi connectivity index (χ3v) is 5.17. The smallest absolute Gasteiger partial charge is 0.305 e. The Hall–Kier alpha value is -1.57. The summed E-state index contributed by atoms with van der Waals surface area (Å²) in [6, 6.07) is 0. The number of rotatable bonds is 19. The number of carbonyl (C=O) groups excluding carboxylic acids is 1. The van der Waals surface area contributed by atoms with Gasteiger partial charge in [-0.25, -0.2) is 0 Å². The van der Waals surface area contributed by atoms with Crippen molar-refractivity contribution >= 4 is 5.97 Å². The number of unbranched alkanes of at least 4 members (excludes halogenated alkanes) is 7. The molecule has 172 valence electrons. The molecular formula is C28H48O2. The van der Waals surface area contributed by atoms with Gasteiger partial charge in [0.15, 0.2) is 0 Å². The number of esters is 1. The molecule has 0 aliphatic rings. The number of carbonyl (C=O) groups is 1. The molecule has 0 aliphatic carbocycles. The number of hydrogen-bond donors (Lipinski definition) is 0. The van der Waals surface area contributed by atoms with Crippen LogP contribution in [0.15, 0.2) is 48.1 Å². The first kappa shape index (κ1) is 28.4. The van der Waals surface area contributed by atoms with Gasteiger partial charge in [-0.3, -0.25) is 4.79 Å². The van der Waals surface area contributed by atoms with Gasteiger partial charge in [-0.15, -0.1) is 0 Å². The van der Waals surface area contributed by atoms with E-state index in [1.165, 1.54) is 50.5 Å². The van der Waals surface area contributed by atoms with E-state index in [4.69, 9.17) is 4.74 Å². The van der Waals surface area contributed by atoms with E-state index in [-0.39, 0.29) is 5.97 Å². The summed E-state index contributed by atoms with van der Waals surface area (Å²) >= 11 is 0. The lowest BCUT2D eigenvalue weighted by molar-refractivity contribution is -0.144. The minimum atomic E-state index is -0.0232. The molecule has 2 nitrogen and oxygen atoms in total. The summed E-state index contributed by atoms with van der Waals surface area (Å²) in [5, 5.41) is 0. The molecule has 0 aliphatic heterocycles. The van der Waals surface area contributed by atoms with E-state index in [1.54, 1.807) is 0 Å². The molecule has 1 atom stereocenters. The standard InChI is InChI=1S/C28H48O2/c1-5-6-7-8-9-10-11-12-13-14-15-16-17-18-19-23-28(29)30-25-24-27(4)22-20-21-26(2)3/h8-13,21,27H,5-7,14-20,22-25H2,1-4H3/b9-8-,11-10+,13-12-. The van der Waals surface area contributed by atoms with Crippen molar-refractivity contribution in [2.24, 2.45) is 5.92 Å². The Bertz CT molecular complexity index is 507. The zero-order valence-electron chi connectivity index (χ0n) is 20.3. The van der Waals surface area contributed by atoms with Gasteiger partial charge in [0.1, 0.15) is 0 Å². The largest absolute Gasteiger partial charge is 0.466 e. The second kappa shape index (κ2) is 22.1. The summed E-state index contributed by atoms with van der Waals surface area (Å²) in [5.41, 5.74) is 1.38. The predicted molar refractivity (Wildman–Crippen MR) is 133 cm³/mol. The van der Waals surface area contributed by atoms with Crippen LogP contribution in [0, 0.1) is 5.92 Å². The van der Waals surface area contributed by atoms with Crippen molar-refractivity contribution in [2.45, 2.75) is 111 Å². The molecule has 0 heterocycles. The van der Waals surface area contributed by atoms with Crippen LogP contribution in [0.25, 0.3) is 0 Å². The zero-order valence-corrected chi connectivity index (χ0v) is 20.3. The average molecular weight is 417 g/mol. The lowest BCUT2D eigenvalue weighted by Gasteiger charge is -2.10. The molecule has 30 heavy (non-hydrogen) atoms. The predicted octanol–water partition coefficient (Wildman–Crippen LogP) is 8.89. The minimum Gasteiger partial charge on any atom is -0.466 e. The highest BCUT2D eigenvalue weighted by atomic mass is 16.5. The average Bonchev–Trinajstić information content (AvgIpc) is 2.70. The molecule has 1 unspecified atom stereocenters. The number of ether oxygens (including phenoxy) is 1. The molecule has 0 saturated heterocycles. The molecule has 0 bridgehead atoms. The molecule has 0 rings (SSSR count). The van der Waals surface area contributed by atoms with E-state index >= 15 is 0 Å². The van der Waals surface area contributed by atoms with Crippen molar-refractivity contribution in [3.05, 3.63) is 48.1 Å². The number of allylic oxidation sites excluding steroid dienone is 8. The Morgan fingerprint density at radius 2 is 1.43 bits per heavy atom. The monoisotopic (exact) mass is 416 g/mol. The van der Waals surface area contributed by atoms with Crippen LogP contribution >= 0.6 is 0 Å². The maximum Gasteiger partial charge on any atom is 0.305 e. The summed E-state index contributed by atoms with van der Waals surface area (Å²) in [6.07, 6.45) is 29.7. The first-order chi connectivity index (χ1) is 14.6. The first-order valence-electron chi connectivity index (χ1n) is 12.3. The molecule has 0 aromatic carbocycles. The third-order valence-electron chi connectivity index (χ3n) is 5.17. The fourth-order valence-electron chi connectivity index (χ4n) is 3.11. The Labute approximate surface area is 187 Å². The molecule has 0 saturated carbocycles. The molecule has 2 heteroatoms. The fourth-order valence-corrected chi connectivity index (χ4v) is 3.11. The molecule has 0 N–H and O–H groups in total. The van der Waals surface area contributed by atoms with Gasteiger partial charge in [-0.05, 0) is 64.7 Å². The van der Waals surface area contributed by atoms with Crippen molar-refractivity contribution in [3.8, 4) is 0 Å². The molecule has 0 fully saturated rings. The van der Waals surface area contributed by atoms with Crippen molar-refractivity contribution in [2.75, 3.05) is 6.61 Å². The van der Waals surface area contributed by atoms with Crippen LogP contribution in [0.4, 0.5) is 0 Å². The highest BCUT2D eigenvalue weighted by Gasteiger charge is 2.05. The van der Waals surface area contributed by atoms with Crippen LogP contribution < -0.4 is 0 Å². The molecule has 0 spiro atoms. The van der Waals surface area contributed by atoms with Crippen LogP contribution in [0.3, 0.4) is 0 Å². The highest BCUT2D eigenvalue weighted by molar-refractivity contribution is 5.69. The van der Waals surface area contributed by atoms with E-state index < -0.39 is 0 Å². The third kappa shape index (κ3) is 22.7. The summed E-state index contributed by atoms with van der Waals surface area (Å²) < 4.78 is 5.38. The Morgan fingerprint density at radius 3 is 2.10 bits per heavy atom. The van der Waals surface area contributed by atoms with E-state index in [2.05, 4.69) is 70.2 Å². The fraction of sp³-hybridized carbons (Fsp3) is 0.679. The second-order valence-electron chi connectivity index (χ2n) is 8.66. The van der Waals surface area contributed by atoms with E-state index in [0.717, 1.165) is 32.1 Å². The quantitative estimate of drug-likeness (QED) is 0.0909. The molecule has 0 aromatic heterocycles. The highest BCUT2D eigenvalue weighted by Crippen LogP contribution is 2.13. The SMILES string of the molecule is CCCC\C=C/C=C/C=C\CCCCCCCC(=O)OCCC(C)CCC=C(C)C. The lowest BCUT2D eigenvalue weighted by Crippen LogP contribution is -2.08. The molecule has 0 amide bonds. The topological polar surface area (TPSA) is 26.3 Å². The van der Waals surface area contributed by atoms with E-state index in [0.29, 0.717) is 18.9 Å². The van der Waals surface area contributed by atoms with Gasteiger partial charge < -0.3 is 4.74 Å². The maximum atomic E-state index is 11.8. The zero-order chi connectivity index (χ0) is 22.3. The number of hydrogen-bond acceptors (Lipinski definition) is 2. The summed E-state index contributed by atoms with van der Waals surface area (Å²) in [5.74, 6) is 0.588. The van der Waals surface area contributed by atoms with Crippen LogP contribution in [-0.2, 0) is 9.53 Å². The van der Waals surface area contributed by atoms with Crippen molar-refractivity contribution < 1.29 is 9.53 Å². The lowest BCUT2D eigenvalue weighted by atomic mass is 10.0. The molecule has 0 aromatic rings. The van der Waals surface area contributed by atoms with Gasteiger partial charge in [0.2, 0.25) is 0 Å². The Balaban J connectivity index is 3.46. The van der Waals surface area contributed by atoms with Crippen LogP contribution in [0.2, 0.25) is 0 Å². The van der Waals surface area contributed by atoms with Gasteiger partial charge >= 0.3 is 5.97 Å². The van der Waals surface area contributed by atoms with Crippen LogP contribution in [0.5, 0.6) is 0 Å². The minimum absolute atomic E-state index is 0.0232. The van der Waals surface area contributed by atoms with Gasteiger partial charge in [-0.2, -0.15) is 0 Å². The van der Waals surface area contributed by atoms with Gasteiger partial charge in [0.05, 0.1) is 6.61 Å². The van der Waals surface area contributed by atoms with Gasteiger partial charge in [0, 0.05) is 6.42 Å². The van der Waals surface area contributed by atoms with Crippen LogP contribution in [-0.4, -0.2) is 12.6 Å². The maximum absolute atomic E-state index is 11.8. The van der Waals surface area contributed by atoms with Crippen LogP contribution in [0.1, 0.15) is 111 Å². The Morgan fingerprint density at radius 1 is 0.800 bits per heavy atom. The van der Waals surface area contributed by atoms with Crippen molar-refractivity contribution in [1.29, 1.82) is 0 Å². The normalized spacial score (nSPS) is 12.8. The second-order valence-corrected chi connectivity index (χ2v) is 8.66. The molecule has 0 radical (unpaired) electrons. The summed E-state index contributed by atoms with van der Waals surface area (Å²) in [6.45, 7) is 9.31.